The van der Waals surface area contributed by atoms with E-state index < -0.39 is 35.9 Å². The average molecular weight is 464 g/mol. The second-order valence-electron chi connectivity index (χ2n) is 9.24. The van der Waals surface area contributed by atoms with E-state index in [2.05, 4.69) is 10.6 Å². The monoisotopic (exact) mass is 463 g/mol. The smallest absolute Gasteiger partial charge is 0.327 e. The lowest BCUT2D eigenvalue weighted by Gasteiger charge is -2.28. The second kappa shape index (κ2) is 9.67. The van der Waals surface area contributed by atoms with E-state index in [9.17, 15) is 24.3 Å². The Bertz CT molecular complexity index is 1110. The predicted molar refractivity (Wildman–Crippen MR) is 126 cm³/mol. The number of amides is 3. The van der Waals surface area contributed by atoms with Gasteiger partial charge in [-0.25, -0.2) is 4.79 Å². The van der Waals surface area contributed by atoms with Gasteiger partial charge >= 0.3 is 5.97 Å². The first-order valence-corrected chi connectivity index (χ1v) is 11.6. The summed E-state index contributed by atoms with van der Waals surface area (Å²) < 4.78 is 0. The molecule has 8 heteroatoms. The molecule has 4 rings (SSSR count). The summed E-state index contributed by atoms with van der Waals surface area (Å²) in [6.07, 6.45) is 1.28. The summed E-state index contributed by atoms with van der Waals surface area (Å²) in [6.45, 7) is 3.65. The maximum absolute atomic E-state index is 13.4. The molecule has 0 saturated carbocycles. The Morgan fingerprint density at radius 3 is 2.44 bits per heavy atom. The highest BCUT2D eigenvalue weighted by atomic mass is 16.4. The van der Waals surface area contributed by atoms with Crippen LogP contribution in [0.2, 0.25) is 0 Å². The van der Waals surface area contributed by atoms with Gasteiger partial charge in [0, 0.05) is 6.42 Å². The number of rotatable bonds is 7. The Labute approximate surface area is 198 Å². The van der Waals surface area contributed by atoms with E-state index in [0.717, 1.165) is 16.7 Å². The number of benzene rings is 2. The van der Waals surface area contributed by atoms with Crippen molar-refractivity contribution in [2.24, 2.45) is 5.92 Å². The Hall–Kier alpha value is -3.68. The SMILES string of the molecule is CC(C)[C@H](NC(=O)Cc1ccccc1)C(=O)N[C@H]1CCc2cccc3c2N(C1=O)[C@H](C(=O)O)C3. The van der Waals surface area contributed by atoms with Crippen LogP contribution in [0.15, 0.2) is 48.5 Å². The molecule has 2 aliphatic heterocycles. The van der Waals surface area contributed by atoms with Crippen LogP contribution in [0.5, 0.6) is 0 Å². The van der Waals surface area contributed by atoms with Crippen molar-refractivity contribution >= 4 is 29.4 Å². The van der Waals surface area contributed by atoms with Crippen molar-refractivity contribution in [1.82, 2.24) is 10.6 Å². The summed E-state index contributed by atoms with van der Waals surface area (Å²) in [5.74, 6) is -2.44. The standard InChI is InChI=1S/C26H29N3O5/c1-15(2)22(28-21(30)13-16-7-4-3-5-8-16)24(31)27-19-12-11-17-9-6-10-18-14-20(26(33)34)29(23(17)18)25(19)32/h3-10,15,19-20,22H,11-14H2,1-2H3,(H,27,31)(H,28,30)(H,33,34)/t19-,20-,22-/m0/s1. The lowest BCUT2D eigenvalue weighted by molar-refractivity contribution is -0.140. The first-order chi connectivity index (χ1) is 16.3. The molecular weight excluding hydrogens is 434 g/mol. The number of aliphatic carboxylic acids is 1. The quantitative estimate of drug-likeness (QED) is 0.580. The van der Waals surface area contributed by atoms with E-state index in [1.807, 2.05) is 62.4 Å². The Balaban J connectivity index is 1.50. The van der Waals surface area contributed by atoms with Crippen molar-refractivity contribution < 1.29 is 24.3 Å². The number of carboxylic acid groups (broad SMARTS) is 1. The second-order valence-corrected chi connectivity index (χ2v) is 9.24. The van der Waals surface area contributed by atoms with Crippen LogP contribution in [-0.4, -0.2) is 46.9 Å². The molecular formula is C26H29N3O5. The van der Waals surface area contributed by atoms with Gasteiger partial charge in [0.2, 0.25) is 17.7 Å². The molecule has 3 N–H and O–H groups in total. The zero-order valence-electron chi connectivity index (χ0n) is 19.3. The molecule has 2 aliphatic rings. The highest BCUT2D eigenvalue weighted by Gasteiger charge is 2.44. The number of carboxylic acids is 1. The Morgan fingerprint density at radius 1 is 1.06 bits per heavy atom. The average Bonchev–Trinajstić information content (AvgIpc) is 3.14. The van der Waals surface area contributed by atoms with Crippen LogP contribution < -0.4 is 15.5 Å². The molecule has 0 aromatic heterocycles. The van der Waals surface area contributed by atoms with Gasteiger partial charge in [-0.15, -0.1) is 0 Å². The van der Waals surface area contributed by atoms with Crippen LogP contribution in [0, 0.1) is 5.92 Å². The van der Waals surface area contributed by atoms with Gasteiger partial charge in [-0.05, 0) is 35.4 Å². The fraction of sp³-hybridized carbons (Fsp3) is 0.385. The molecule has 0 unspecified atom stereocenters. The van der Waals surface area contributed by atoms with Gasteiger partial charge in [0.05, 0.1) is 12.1 Å². The van der Waals surface area contributed by atoms with Crippen LogP contribution in [0.1, 0.15) is 37.0 Å². The van der Waals surface area contributed by atoms with Gasteiger partial charge in [0.25, 0.3) is 0 Å². The third kappa shape index (κ3) is 4.66. The van der Waals surface area contributed by atoms with E-state index in [-0.39, 0.29) is 24.7 Å². The normalized spacial score (nSPS) is 19.9. The van der Waals surface area contributed by atoms with Crippen molar-refractivity contribution in [3.05, 3.63) is 65.2 Å². The number of hydrogen-bond donors (Lipinski definition) is 3. The largest absolute Gasteiger partial charge is 0.480 e. The number of nitrogens with zero attached hydrogens (tertiary/aromatic N) is 1. The number of nitrogens with one attached hydrogen (secondary N) is 2. The van der Waals surface area contributed by atoms with E-state index >= 15 is 0 Å². The van der Waals surface area contributed by atoms with Gasteiger partial charge in [-0.1, -0.05) is 62.4 Å². The topological polar surface area (TPSA) is 116 Å². The van der Waals surface area contributed by atoms with E-state index in [1.165, 1.54) is 4.90 Å². The Morgan fingerprint density at radius 2 is 1.76 bits per heavy atom. The van der Waals surface area contributed by atoms with Gasteiger partial charge in [0.15, 0.2) is 0 Å². The number of anilines is 1. The molecule has 2 heterocycles. The van der Waals surface area contributed by atoms with Crippen molar-refractivity contribution in [1.29, 1.82) is 0 Å². The number of carbonyl (C=O) groups is 4. The van der Waals surface area contributed by atoms with Crippen LogP contribution in [-0.2, 0) is 38.4 Å². The van der Waals surface area contributed by atoms with Crippen LogP contribution in [0.25, 0.3) is 0 Å². The molecule has 0 fully saturated rings. The minimum Gasteiger partial charge on any atom is -0.480 e. The molecule has 3 amide bonds. The lowest BCUT2D eigenvalue weighted by Crippen LogP contribution is -2.57. The van der Waals surface area contributed by atoms with Crippen molar-refractivity contribution in [3.8, 4) is 0 Å². The summed E-state index contributed by atoms with van der Waals surface area (Å²) in [4.78, 5) is 52.4. The third-order valence-electron chi connectivity index (χ3n) is 6.48. The van der Waals surface area contributed by atoms with Crippen molar-refractivity contribution in [3.63, 3.8) is 0 Å². The minimum absolute atomic E-state index is 0.145. The summed E-state index contributed by atoms with van der Waals surface area (Å²) in [5, 5.41) is 15.3. The number of para-hydroxylation sites is 1. The van der Waals surface area contributed by atoms with Gasteiger partial charge in [-0.2, -0.15) is 0 Å². The highest BCUT2D eigenvalue weighted by molar-refractivity contribution is 6.07. The van der Waals surface area contributed by atoms with E-state index in [1.54, 1.807) is 0 Å². The zero-order chi connectivity index (χ0) is 24.4. The molecule has 2 aromatic rings. The molecule has 0 bridgehead atoms. The van der Waals surface area contributed by atoms with E-state index in [4.69, 9.17) is 0 Å². The summed E-state index contributed by atoms with van der Waals surface area (Å²) in [5.41, 5.74) is 3.23. The van der Waals surface area contributed by atoms with Crippen molar-refractivity contribution in [2.45, 2.75) is 57.7 Å². The molecule has 34 heavy (non-hydrogen) atoms. The molecule has 0 radical (unpaired) electrons. The van der Waals surface area contributed by atoms with Gasteiger partial charge in [-0.3, -0.25) is 19.3 Å². The first-order valence-electron chi connectivity index (χ1n) is 11.6. The molecule has 3 atom stereocenters. The minimum atomic E-state index is -1.07. The molecule has 178 valence electrons. The van der Waals surface area contributed by atoms with Crippen LogP contribution in [0.4, 0.5) is 5.69 Å². The fourth-order valence-electron chi connectivity index (χ4n) is 4.76. The summed E-state index contributed by atoms with van der Waals surface area (Å²) in [7, 11) is 0. The fourth-order valence-corrected chi connectivity index (χ4v) is 4.76. The maximum Gasteiger partial charge on any atom is 0.327 e. The molecule has 0 aliphatic carbocycles. The van der Waals surface area contributed by atoms with Crippen LogP contribution in [0.3, 0.4) is 0 Å². The number of aryl methyl sites for hydroxylation is 1. The van der Waals surface area contributed by atoms with Gasteiger partial charge < -0.3 is 15.7 Å². The summed E-state index contributed by atoms with van der Waals surface area (Å²) in [6, 6.07) is 12.2. The number of carbonyl (C=O) groups excluding carboxylic acids is 3. The first kappa shape index (κ1) is 23.5. The summed E-state index contributed by atoms with van der Waals surface area (Å²) >= 11 is 0. The third-order valence-corrected chi connectivity index (χ3v) is 6.48. The highest BCUT2D eigenvalue weighted by Crippen LogP contribution is 2.39. The molecule has 0 spiro atoms. The molecule has 0 saturated heterocycles. The van der Waals surface area contributed by atoms with Crippen LogP contribution >= 0.6 is 0 Å². The predicted octanol–water partition coefficient (Wildman–Crippen LogP) is 1.84. The van der Waals surface area contributed by atoms with Gasteiger partial charge in [0.1, 0.15) is 18.1 Å². The zero-order valence-corrected chi connectivity index (χ0v) is 19.3. The number of hydrogen-bond acceptors (Lipinski definition) is 4. The maximum atomic E-state index is 13.4. The lowest BCUT2D eigenvalue weighted by atomic mass is 10.00. The Kier molecular flexibility index (Phi) is 6.68. The van der Waals surface area contributed by atoms with Crippen molar-refractivity contribution in [2.75, 3.05) is 4.90 Å². The van der Waals surface area contributed by atoms with E-state index in [0.29, 0.717) is 18.5 Å². The molecule has 2 aromatic carbocycles. The molecule has 8 nitrogen and oxygen atoms in total.